The minimum absolute atomic E-state index is 0.0939. The van der Waals surface area contributed by atoms with E-state index in [1.165, 1.54) is 5.56 Å². The third kappa shape index (κ3) is 5.91. The molecule has 0 bridgehead atoms. The van der Waals surface area contributed by atoms with Gasteiger partial charge >= 0.3 is 0 Å². The minimum atomic E-state index is -0.196. The van der Waals surface area contributed by atoms with Gasteiger partial charge < -0.3 is 25.4 Å². The summed E-state index contributed by atoms with van der Waals surface area (Å²) in [7, 11) is 0. The number of benzene rings is 2. The van der Waals surface area contributed by atoms with E-state index in [-0.39, 0.29) is 12.0 Å². The summed E-state index contributed by atoms with van der Waals surface area (Å²) in [6.45, 7) is 5.01. The largest absolute Gasteiger partial charge is 0.486 e. The van der Waals surface area contributed by atoms with Crippen molar-refractivity contribution in [2.75, 3.05) is 36.9 Å². The second-order valence-corrected chi connectivity index (χ2v) is 9.35. The van der Waals surface area contributed by atoms with Gasteiger partial charge in [0, 0.05) is 35.8 Å². The Balaban J connectivity index is 1.55. The number of nitriles is 1. The molecule has 0 saturated carbocycles. The molecule has 2 aliphatic heterocycles. The number of nitrogens with one attached hydrogen (secondary N) is 3. The number of aromatic nitrogens is 1. The van der Waals surface area contributed by atoms with Gasteiger partial charge in [0.15, 0.2) is 0 Å². The number of carbonyl (C=O) groups is 1. The summed E-state index contributed by atoms with van der Waals surface area (Å²) in [5, 5.41) is 20.3. The Hall–Kier alpha value is -3.93. The lowest BCUT2D eigenvalue weighted by Gasteiger charge is -2.19. The Morgan fingerprint density at radius 2 is 2.16 bits per heavy atom. The predicted octanol–water partition coefficient (Wildman–Crippen LogP) is 4.83. The summed E-state index contributed by atoms with van der Waals surface area (Å²) in [4.78, 5) is 17.5. The molecule has 2 aliphatic rings. The summed E-state index contributed by atoms with van der Waals surface area (Å²) >= 11 is 0. The van der Waals surface area contributed by atoms with E-state index in [1.54, 1.807) is 12.3 Å². The van der Waals surface area contributed by atoms with Gasteiger partial charge in [-0.3, -0.25) is 9.78 Å². The van der Waals surface area contributed by atoms with Crippen molar-refractivity contribution in [3.05, 3.63) is 65.4 Å². The first kappa shape index (κ1) is 24.8. The molecule has 37 heavy (non-hydrogen) atoms. The lowest BCUT2D eigenvalue weighted by molar-refractivity contribution is -0.112. The van der Waals surface area contributed by atoms with Crippen LogP contribution in [0.4, 0.5) is 17.1 Å². The van der Waals surface area contributed by atoms with Gasteiger partial charge in [0.2, 0.25) is 5.91 Å². The average Bonchev–Trinajstić information content (AvgIpc) is 3.43. The molecular formula is C29H31N5O3. The molecule has 2 fully saturated rings. The first-order chi connectivity index (χ1) is 18.1. The molecule has 3 aromatic rings. The number of piperidine rings is 1. The number of anilines is 3. The summed E-state index contributed by atoms with van der Waals surface area (Å²) in [5.41, 5.74) is 5.46. The second-order valence-electron chi connectivity index (χ2n) is 9.35. The third-order valence-electron chi connectivity index (χ3n) is 6.71. The van der Waals surface area contributed by atoms with Crippen molar-refractivity contribution in [3.8, 4) is 11.8 Å². The molecule has 1 aromatic heterocycles. The molecule has 5 rings (SSSR count). The van der Waals surface area contributed by atoms with Crippen molar-refractivity contribution in [3.63, 3.8) is 0 Å². The molecule has 8 heteroatoms. The minimum Gasteiger partial charge on any atom is -0.486 e. The Morgan fingerprint density at radius 1 is 1.30 bits per heavy atom. The molecule has 1 amide bonds. The van der Waals surface area contributed by atoms with Crippen LogP contribution in [0.15, 0.2) is 54.2 Å². The van der Waals surface area contributed by atoms with Crippen LogP contribution in [0, 0.1) is 11.3 Å². The molecule has 0 radical (unpaired) electrons. The van der Waals surface area contributed by atoms with Crippen molar-refractivity contribution in [2.24, 2.45) is 0 Å². The summed E-state index contributed by atoms with van der Waals surface area (Å²) in [6.07, 6.45) is 6.56. The lowest BCUT2D eigenvalue weighted by atomic mass is 10.0. The molecule has 2 aromatic carbocycles. The van der Waals surface area contributed by atoms with Gasteiger partial charge in [0.25, 0.3) is 0 Å². The topological polar surface area (TPSA) is 108 Å². The fourth-order valence-electron chi connectivity index (χ4n) is 4.68. The zero-order valence-electron chi connectivity index (χ0n) is 21.0. The first-order valence-electron chi connectivity index (χ1n) is 12.8. The number of pyridine rings is 1. The van der Waals surface area contributed by atoms with Gasteiger partial charge in [-0.2, -0.15) is 5.26 Å². The normalized spacial score (nSPS) is 17.3. The van der Waals surface area contributed by atoms with E-state index < -0.39 is 0 Å². The molecule has 0 spiro atoms. The van der Waals surface area contributed by atoms with Crippen LogP contribution < -0.4 is 20.7 Å². The van der Waals surface area contributed by atoms with Crippen molar-refractivity contribution >= 4 is 33.9 Å². The van der Waals surface area contributed by atoms with Gasteiger partial charge in [-0.1, -0.05) is 24.6 Å². The first-order valence-corrected chi connectivity index (χ1v) is 12.8. The van der Waals surface area contributed by atoms with Crippen molar-refractivity contribution in [1.82, 2.24) is 10.3 Å². The fourth-order valence-corrected chi connectivity index (χ4v) is 4.68. The standard InChI is InChI=1S/C29H31N5O3/c1-2-19-4-3-5-22(12-19)33-29-21(16-30)17-32-25-15-27(37-23-8-11-36-18-23)26(14-24(25)29)34-28(35)13-20-6-9-31-10-7-20/h3-5,12-15,17,23,31H,2,6-11,18H2,1H3,(H,32,33)(H,34,35). The molecule has 1 atom stereocenters. The monoisotopic (exact) mass is 497 g/mol. The number of hydrogen-bond acceptors (Lipinski definition) is 7. The molecule has 0 aliphatic carbocycles. The summed E-state index contributed by atoms with van der Waals surface area (Å²) in [5.74, 6) is 0.342. The highest BCUT2D eigenvalue weighted by Crippen LogP contribution is 2.37. The van der Waals surface area contributed by atoms with Gasteiger partial charge in [0.1, 0.15) is 17.9 Å². The smallest absolute Gasteiger partial charge is 0.248 e. The number of rotatable bonds is 7. The molecular weight excluding hydrogens is 466 g/mol. The number of amides is 1. The van der Waals surface area contributed by atoms with Gasteiger partial charge in [0.05, 0.1) is 35.7 Å². The second kappa shape index (κ2) is 11.4. The number of fused-ring (bicyclic) bond motifs is 1. The highest BCUT2D eigenvalue weighted by Gasteiger charge is 2.21. The predicted molar refractivity (Wildman–Crippen MR) is 144 cm³/mol. The number of aryl methyl sites for hydroxylation is 1. The van der Waals surface area contributed by atoms with E-state index in [1.807, 2.05) is 24.3 Å². The summed E-state index contributed by atoms with van der Waals surface area (Å²) in [6, 6.07) is 14.0. The lowest BCUT2D eigenvalue weighted by Crippen LogP contribution is -2.24. The van der Waals surface area contributed by atoms with Crippen LogP contribution in [-0.2, 0) is 16.0 Å². The Bertz CT molecular complexity index is 1360. The van der Waals surface area contributed by atoms with E-state index in [4.69, 9.17) is 9.47 Å². The maximum absolute atomic E-state index is 13.0. The molecule has 3 heterocycles. The van der Waals surface area contributed by atoms with Gasteiger partial charge in [-0.05, 0) is 56.1 Å². The van der Waals surface area contributed by atoms with E-state index in [9.17, 15) is 10.1 Å². The zero-order chi connectivity index (χ0) is 25.6. The van der Waals surface area contributed by atoms with Crippen LogP contribution in [0.1, 0.15) is 37.3 Å². The number of carbonyl (C=O) groups excluding carboxylic acids is 1. The van der Waals surface area contributed by atoms with Crippen molar-refractivity contribution < 1.29 is 14.3 Å². The number of hydrogen-bond donors (Lipinski definition) is 3. The third-order valence-corrected chi connectivity index (χ3v) is 6.71. The van der Waals surface area contributed by atoms with E-state index >= 15 is 0 Å². The molecule has 8 nitrogen and oxygen atoms in total. The van der Waals surface area contributed by atoms with Crippen LogP contribution in [0.3, 0.4) is 0 Å². The van der Waals surface area contributed by atoms with Crippen molar-refractivity contribution in [1.29, 1.82) is 5.26 Å². The van der Waals surface area contributed by atoms with Crippen LogP contribution in [-0.4, -0.2) is 43.3 Å². The zero-order valence-corrected chi connectivity index (χ0v) is 21.0. The molecule has 190 valence electrons. The highest BCUT2D eigenvalue weighted by atomic mass is 16.5. The van der Waals surface area contributed by atoms with Crippen LogP contribution in [0.2, 0.25) is 0 Å². The highest BCUT2D eigenvalue weighted by molar-refractivity contribution is 6.05. The van der Waals surface area contributed by atoms with Crippen molar-refractivity contribution in [2.45, 2.75) is 38.7 Å². The molecule has 3 N–H and O–H groups in total. The maximum Gasteiger partial charge on any atom is 0.248 e. The number of nitrogens with zero attached hydrogens (tertiary/aromatic N) is 2. The van der Waals surface area contributed by atoms with Crippen LogP contribution in [0.25, 0.3) is 10.9 Å². The Labute approximate surface area is 216 Å². The van der Waals surface area contributed by atoms with Gasteiger partial charge in [-0.25, -0.2) is 0 Å². The van der Waals surface area contributed by atoms with Gasteiger partial charge in [-0.15, -0.1) is 0 Å². The molecule has 1 unspecified atom stereocenters. The Morgan fingerprint density at radius 3 is 2.92 bits per heavy atom. The maximum atomic E-state index is 13.0. The fraction of sp³-hybridized carbons (Fsp3) is 0.345. The van der Waals surface area contributed by atoms with E-state index in [2.05, 4.69) is 46.1 Å². The SMILES string of the molecule is CCc1cccc(Nc2c(C#N)cnc3cc(OC4CCOC4)c(NC(=O)C=C4CCNCC4)cc23)c1. The quantitative estimate of drug-likeness (QED) is 0.401. The average molecular weight is 498 g/mol. The van der Waals surface area contributed by atoms with E-state index in [0.717, 1.165) is 55.4 Å². The van der Waals surface area contributed by atoms with E-state index in [0.29, 0.717) is 41.4 Å². The Kier molecular flexibility index (Phi) is 7.64. The van der Waals surface area contributed by atoms with Crippen LogP contribution >= 0.6 is 0 Å². The van der Waals surface area contributed by atoms with Crippen LogP contribution in [0.5, 0.6) is 5.75 Å². The molecule has 2 saturated heterocycles. The number of ether oxygens (including phenoxy) is 2. The summed E-state index contributed by atoms with van der Waals surface area (Å²) < 4.78 is 11.7.